The smallest absolute Gasteiger partial charge is 0.244 e. The first-order valence-electron chi connectivity index (χ1n) is 5.09. The Morgan fingerprint density at radius 1 is 1.33 bits per heavy atom. The largest absolute Gasteiger partial charge is 0.398 e. The highest BCUT2D eigenvalue weighted by atomic mass is 32.2. The number of rotatable bonds is 6. The number of hydrogen-bond donors (Lipinski definition) is 2. The second-order valence-electron chi connectivity index (χ2n) is 3.79. The maximum Gasteiger partial charge on any atom is 0.244 e. The van der Waals surface area contributed by atoms with E-state index in [2.05, 4.69) is 9.71 Å². The lowest BCUT2D eigenvalue weighted by Gasteiger charge is -2.07. The minimum Gasteiger partial charge on any atom is -0.398 e. The van der Waals surface area contributed by atoms with E-state index in [-0.39, 0.29) is 29.3 Å². The fraction of sp³-hybridized carbons (Fsp3) is 0.444. The van der Waals surface area contributed by atoms with Crippen LogP contribution < -0.4 is 10.5 Å². The Bertz CT molecular complexity index is 610. The van der Waals surface area contributed by atoms with Crippen LogP contribution in [0, 0.1) is 0 Å². The monoisotopic (exact) mass is 293 g/mol. The number of pyridine rings is 1. The van der Waals surface area contributed by atoms with Crippen LogP contribution >= 0.6 is 0 Å². The van der Waals surface area contributed by atoms with Gasteiger partial charge in [-0.1, -0.05) is 0 Å². The zero-order chi connectivity index (χ0) is 13.8. The predicted octanol–water partition coefficient (Wildman–Crippen LogP) is -0.623. The molecule has 18 heavy (non-hydrogen) atoms. The van der Waals surface area contributed by atoms with Crippen LogP contribution in [0.1, 0.15) is 6.42 Å². The molecule has 0 aliphatic heterocycles. The molecule has 1 aromatic heterocycles. The number of nitrogens with zero attached hydrogens (tertiary/aromatic N) is 1. The topological polar surface area (TPSA) is 119 Å². The molecule has 0 bridgehead atoms. The van der Waals surface area contributed by atoms with Gasteiger partial charge in [-0.05, 0) is 12.5 Å². The fourth-order valence-electron chi connectivity index (χ4n) is 1.23. The van der Waals surface area contributed by atoms with Gasteiger partial charge in [-0.2, -0.15) is 0 Å². The molecule has 1 rings (SSSR count). The average Bonchev–Trinajstić information content (AvgIpc) is 2.24. The van der Waals surface area contributed by atoms with E-state index in [4.69, 9.17) is 5.73 Å². The first-order valence-corrected chi connectivity index (χ1v) is 8.63. The van der Waals surface area contributed by atoms with Crippen molar-refractivity contribution < 1.29 is 16.8 Å². The van der Waals surface area contributed by atoms with Crippen LogP contribution in [-0.4, -0.2) is 40.4 Å². The molecule has 0 aliphatic carbocycles. The van der Waals surface area contributed by atoms with E-state index in [1.807, 2.05) is 0 Å². The van der Waals surface area contributed by atoms with Gasteiger partial charge in [0.1, 0.15) is 14.7 Å². The normalized spacial score (nSPS) is 12.5. The van der Waals surface area contributed by atoms with Gasteiger partial charge in [0.05, 0.1) is 11.4 Å². The van der Waals surface area contributed by atoms with Crippen LogP contribution in [0.5, 0.6) is 0 Å². The summed E-state index contributed by atoms with van der Waals surface area (Å²) in [7, 11) is -6.83. The lowest BCUT2D eigenvalue weighted by atomic mass is 10.4. The molecule has 0 saturated heterocycles. The molecule has 9 heteroatoms. The van der Waals surface area contributed by atoms with Gasteiger partial charge in [-0.3, -0.25) is 4.98 Å². The molecule has 0 spiro atoms. The Hall–Kier alpha value is -1.19. The van der Waals surface area contributed by atoms with E-state index in [1.54, 1.807) is 0 Å². The van der Waals surface area contributed by atoms with Crippen LogP contribution in [0.4, 0.5) is 5.69 Å². The Kier molecular flexibility index (Phi) is 4.65. The highest BCUT2D eigenvalue weighted by Gasteiger charge is 2.16. The highest BCUT2D eigenvalue weighted by molar-refractivity contribution is 7.90. The first-order chi connectivity index (χ1) is 8.22. The minimum atomic E-state index is -3.74. The van der Waals surface area contributed by atoms with Gasteiger partial charge >= 0.3 is 0 Å². The SMILES string of the molecule is CS(=O)(=O)CCCNS(=O)(=O)c1cnccc1N. The molecular formula is C9H15N3O4S2. The van der Waals surface area contributed by atoms with Gasteiger partial charge < -0.3 is 5.73 Å². The van der Waals surface area contributed by atoms with Gasteiger partial charge in [0.25, 0.3) is 0 Å². The number of aromatic nitrogens is 1. The number of nitrogens with two attached hydrogens (primary N) is 1. The van der Waals surface area contributed by atoms with Crippen molar-refractivity contribution >= 4 is 25.5 Å². The summed E-state index contributed by atoms with van der Waals surface area (Å²) in [6.07, 6.45) is 3.84. The lowest BCUT2D eigenvalue weighted by Crippen LogP contribution is -2.27. The molecule has 7 nitrogen and oxygen atoms in total. The summed E-state index contributed by atoms with van der Waals surface area (Å²) in [5, 5.41) is 0. The maximum absolute atomic E-state index is 11.8. The zero-order valence-corrected chi connectivity index (χ0v) is 11.5. The summed E-state index contributed by atoms with van der Waals surface area (Å²) >= 11 is 0. The summed E-state index contributed by atoms with van der Waals surface area (Å²) < 4.78 is 47.6. The third-order valence-electron chi connectivity index (χ3n) is 2.09. The Morgan fingerprint density at radius 2 is 2.00 bits per heavy atom. The molecule has 0 fully saturated rings. The van der Waals surface area contributed by atoms with Crippen molar-refractivity contribution in [2.24, 2.45) is 0 Å². The molecular weight excluding hydrogens is 278 g/mol. The van der Waals surface area contributed by atoms with E-state index in [1.165, 1.54) is 12.3 Å². The van der Waals surface area contributed by atoms with Crippen LogP contribution in [0.15, 0.2) is 23.4 Å². The summed E-state index contributed by atoms with van der Waals surface area (Å²) in [6, 6.07) is 1.38. The molecule has 102 valence electrons. The lowest BCUT2D eigenvalue weighted by molar-refractivity contribution is 0.577. The van der Waals surface area contributed by atoms with Crippen molar-refractivity contribution in [2.45, 2.75) is 11.3 Å². The van der Waals surface area contributed by atoms with Gasteiger partial charge in [0, 0.05) is 25.2 Å². The predicted molar refractivity (Wildman–Crippen MR) is 68.2 cm³/mol. The van der Waals surface area contributed by atoms with Gasteiger partial charge in [-0.15, -0.1) is 0 Å². The minimum absolute atomic E-state index is 0.0315. The van der Waals surface area contributed by atoms with E-state index in [9.17, 15) is 16.8 Å². The summed E-state index contributed by atoms with van der Waals surface area (Å²) in [5.41, 5.74) is 5.62. The maximum atomic E-state index is 11.8. The molecule has 0 aliphatic rings. The molecule has 0 saturated carbocycles. The average molecular weight is 293 g/mol. The molecule has 0 unspecified atom stereocenters. The standard InChI is InChI=1S/C9H15N3O4S2/c1-17(13,14)6-2-4-12-18(15,16)9-7-11-5-3-8(9)10/h3,5,7,12H,2,4,6H2,1H3,(H2,10,11). The quantitative estimate of drug-likeness (QED) is 0.674. The van der Waals surface area contributed by atoms with Gasteiger partial charge in [0.15, 0.2) is 0 Å². The highest BCUT2D eigenvalue weighted by Crippen LogP contribution is 2.15. The summed E-state index contributed by atoms with van der Waals surface area (Å²) in [6.45, 7) is 0.0315. The second-order valence-corrected chi connectivity index (χ2v) is 7.79. The number of sulfone groups is 1. The van der Waals surface area contributed by atoms with Crippen molar-refractivity contribution in [1.29, 1.82) is 0 Å². The summed E-state index contributed by atoms with van der Waals surface area (Å²) in [4.78, 5) is 3.58. The third kappa shape index (κ3) is 4.59. The number of hydrogen-bond acceptors (Lipinski definition) is 6. The molecule has 3 N–H and O–H groups in total. The van der Waals surface area contributed by atoms with E-state index in [0.717, 1.165) is 12.5 Å². The number of nitrogens with one attached hydrogen (secondary N) is 1. The molecule has 0 amide bonds. The van der Waals surface area contributed by atoms with Crippen molar-refractivity contribution in [3.05, 3.63) is 18.5 Å². The summed E-state index contributed by atoms with van der Waals surface area (Å²) in [5.74, 6) is -0.0714. The first kappa shape index (κ1) is 14.9. The van der Waals surface area contributed by atoms with Gasteiger partial charge in [-0.25, -0.2) is 21.6 Å². The Balaban J connectivity index is 2.65. The van der Waals surface area contributed by atoms with Crippen LogP contribution in [-0.2, 0) is 19.9 Å². The number of sulfonamides is 1. The molecule has 1 heterocycles. The molecule has 0 radical (unpaired) electrons. The second kappa shape index (κ2) is 5.63. The van der Waals surface area contributed by atoms with E-state index < -0.39 is 19.9 Å². The number of anilines is 1. The van der Waals surface area contributed by atoms with Crippen LogP contribution in [0.2, 0.25) is 0 Å². The van der Waals surface area contributed by atoms with Crippen molar-refractivity contribution in [3.8, 4) is 0 Å². The molecule has 1 aromatic rings. The zero-order valence-electron chi connectivity index (χ0n) is 9.83. The Morgan fingerprint density at radius 3 is 2.56 bits per heavy atom. The molecule has 0 atom stereocenters. The molecule has 0 aromatic carbocycles. The van der Waals surface area contributed by atoms with E-state index in [0.29, 0.717) is 0 Å². The van der Waals surface area contributed by atoms with Crippen molar-refractivity contribution in [1.82, 2.24) is 9.71 Å². The van der Waals surface area contributed by atoms with Crippen molar-refractivity contribution in [2.75, 3.05) is 24.3 Å². The van der Waals surface area contributed by atoms with Gasteiger partial charge in [0.2, 0.25) is 10.0 Å². The number of nitrogen functional groups attached to an aromatic ring is 1. The third-order valence-corrected chi connectivity index (χ3v) is 4.62. The van der Waals surface area contributed by atoms with Crippen molar-refractivity contribution in [3.63, 3.8) is 0 Å². The Labute approximate surface area is 106 Å². The van der Waals surface area contributed by atoms with Crippen LogP contribution in [0.3, 0.4) is 0 Å². The van der Waals surface area contributed by atoms with E-state index >= 15 is 0 Å². The van der Waals surface area contributed by atoms with Crippen LogP contribution in [0.25, 0.3) is 0 Å². The fourth-order valence-corrected chi connectivity index (χ4v) is 3.05.